The number of hydrogen-bond donors (Lipinski definition) is 2. The summed E-state index contributed by atoms with van der Waals surface area (Å²) in [5.41, 5.74) is 10.3. The van der Waals surface area contributed by atoms with E-state index < -0.39 is 5.91 Å². The molecular weight excluding hydrogens is 374 g/mol. The maximum absolute atomic E-state index is 12.1. The van der Waals surface area contributed by atoms with Crippen molar-refractivity contribution < 1.29 is 14.7 Å². The molecule has 1 aromatic rings. The predicted molar refractivity (Wildman–Crippen MR) is 123 cm³/mol. The van der Waals surface area contributed by atoms with Crippen LogP contribution in [0.3, 0.4) is 0 Å². The molecule has 3 N–H and O–H groups in total. The first-order valence-corrected chi connectivity index (χ1v) is 10.1. The SMILES string of the molecule is CC(C=CC1=C(C)C(=O)CCC1(C)C)=CC=CC(C)=C(C(N)=O)c1ccc(O)cc1. The summed E-state index contributed by atoms with van der Waals surface area (Å²) in [7, 11) is 0. The molecule has 4 nitrogen and oxygen atoms in total. The number of ketones is 1. The number of benzene rings is 1. The van der Waals surface area contributed by atoms with E-state index in [1.54, 1.807) is 12.1 Å². The Balaban J connectivity index is 2.24. The molecule has 1 aromatic carbocycles. The number of hydrogen-bond acceptors (Lipinski definition) is 3. The molecule has 0 bridgehead atoms. The molecule has 158 valence electrons. The quantitative estimate of drug-likeness (QED) is 0.490. The maximum atomic E-state index is 12.1. The van der Waals surface area contributed by atoms with Gasteiger partial charge in [-0.3, -0.25) is 9.59 Å². The van der Waals surface area contributed by atoms with Crippen molar-refractivity contribution >= 4 is 17.3 Å². The zero-order valence-electron chi connectivity index (χ0n) is 18.5. The molecule has 0 radical (unpaired) electrons. The van der Waals surface area contributed by atoms with Crippen LogP contribution in [0, 0.1) is 5.41 Å². The lowest BCUT2D eigenvalue weighted by Crippen LogP contribution is -2.24. The summed E-state index contributed by atoms with van der Waals surface area (Å²) in [6.45, 7) is 10.1. The molecule has 0 atom stereocenters. The molecule has 0 heterocycles. The monoisotopic (exact) mass is 405 g/mol. The summed E-state index contributed by atoms with van der Waals surface area (Å²) >= 11 is 0. The van der Waals surface area contributed by atoms with Gasteiger partial charge >= 0.3 is 0 Å². The van der Waals surface area contributed by atoms with Crippen LogP contribution in [-0.2, 0) is 9.59 Å². The number of carbonyl (C=O) groups excluding carboxylic acids is 2. The Labute approximate surface area is 179 Å². The molecule has 4 heteroatoms. The van der Waals surface area contributed by atoms with Gasteiger partial charge in [0.2, 0.25) is 5.91 Å². The van der Waals surface area contributed by atoms with Gasteiger partial charge < -0.3 is 10.8 Å². The Morgan fingerprint density at radius 2 is 1.77 bits per heavy atom. The zero-order valence-corrected chi connectivity index (χ0v) is 18.5. The molecular formula is C26H31NO3. The zero-order chi connectivity index (χ0) is 22.5. The van der Waals surface area contributed by atoms with Crippen LogP contribution >= 0.6 is 0 Å². The van der Waals surface area contributed by atoms with Crippen LogP contribution in [0.15, 0.2) is 76.9 Å². The van der Waals surface area contributed by atoms with E-state index in [1.807, 2.05) is 51.2 Å². The van der Waals surface area contributed by atoms with E-state index in [1.165, 1.54) is 12.1 Å². The van der Waals surface area contributed by atoms with Gasteiger partial charge in [0.1, 0.15) is 5.75 Å². The molecule has 0 fully saturated rings. The molecule has 1 aliphatic carbocycles. The van der Waals surface area contributed by atoms with E-state index in [9.17, 15) is 14.7 Å². The lowest BCUT2D eigenvalue weighted by Gasteiger charge is -2.32. The smallest absolute Gasteiger partial charge is 0.249 e. The van der Waals surface area contributed by atoms with Gasteiger partial charge in [0, 0.05) is 12.0 Å². The van der Waals surface area contributed by atoms with E-state index >= 15 is 0 Å². The van der Waals surface area contributed by atoms with E-state index in [0.29, 0.717) is 17.6 Å². The number of amides is 1. The van der Waals surface area contributed by atoms with Crippen molar-refractivity contribution in [2.45, 2.75) is 47.5 Å². The van der Waals surface area contributed by atoms with Crippen molar-refractivity contribution in [1.29, 1.82) is 0 Å². The molecule has 0 aromatic heterocycles. The summed E-state index contributed by atoms with van der Waals surface area (Å²) < 4.78 is 0. The standard InChI is InChI=1S/C26H31NO3/c1-17(9-14-22-19(3)23(29)15-16-26(22,4)5)7-6-8-18(2)24(25(27)30)20-10-12-21(28)13-11-20/h6-14,28H,15-16H2,1-5H3,(H2,27,30). The van der Waals surface area contributed by atoms with Crippen LogP contribution in [0.25, 0.3) is 5.57 Å². The third kappa shape index (κ3) is 5.69. The number of phenols is 1. The fraction of sp³-hybridized carbons (Fsp3) is 0.308. The van der Waals surface area contributed by atoms with Crippen LogP contribution in [0.5, 0.6) is 5.75 Å². The fourth-order valence-electron chi connectivity index (χ4n) is 3.65. The molecule has 0 aliphatic heterocycles. The number of carbonyl (C=O) groups is 2. The second-order valence-corrected chi connectivity index (χ2v) is 8.42. The summed E-state index contributed by atoms with van der Waals surface area (Å²) in [6, 6.07) is 6.39. The van der Waals surface area contributed by atoms with E-state index in [2.05, 4.69) is 13.8 Å². The molecule has 0 unspecified atom stereocenters. The summed E-state index contributed by atoms with van der Waals surface area (Å²) in [5.74, 6) is -0.158. The highest BCUT2D eigenvalue weighted by Gasteiger charge is 2.30. The topological polar surface area (TPSA) is 80.4 Å². The molecule has 1 amide bonds. The third-order valence-corrected chi connectivity index (χ3v) is 5.54. The van der Waals surface area contributed by atoms with Crippen molar-refractivity contribution in [2.24, 2.45) is 11.1 Å². The van der Waals surface area contributed by atoms with Crippen LogP contribution in [0.4, 0.5) is 0 Å². The highest BCUT2D eigenvalue weighted by atomic mass is 16.3. The van der Waals surface area contributed by atoms with Crippen molar-refractivity contribution in [2.75, 3.05) is 0 Å². The molecule has 0 spiro atoms. The summed E-state index contributed by atoms with van der Waals surface area (Å²) in [4.78, 5) is 24.0. The van der Waals surface area contributed by atoms with Crippen LogP contribution < -0.4 is 5.73 Å². The fourth-order valence-corrected chi connectivity index (χ4v) is 3.65. The Morgan fingerprint density at radius 3 is 2.37 bits per heavy atom. The van der Waals surface area contributed by atoms with Gasteiger partial charge in [-0.1, -0.05) is 61.9 Å². The van der Waals surface area contributed by atoms with Gasteiger partial charge in [-0.05, 0) is 67.0 Å². The van der Waals surface area contributed by atoms with E-state index in [-0.39, 0.29) is 16.9 Å². The minimum atomic E-state index is -0.518. The third-order valence-electron chi connectivity index (χ3n) is 5.54. The largest absolute Gasteiger partial charge is 0.508 e. The molecule has 2 rings (SSSR count). The van der Waals surface area contributed by atoms with Gasteiger partial charge in [-0.15, -0.1) is 0 Å². The molecule has 1 aliphatic rings. The number of phenolic OH excluding ortho intramolecular Hbond substituents is 1. The van der Waals surface area contributed by atoms with Crippen molar-refractivity contribution in [3.8, 4) is 5.75 Å². The average molecular weight is 406 g/mol. The number of allylic oxidation sites excluding steroid dienone is 9. The normalized spacial score (nSPS) is 18.3. The summed E-state index contributed by atoms with van der Waals surface area (Å²) in [6.07, 6.45) is 11.2. The molecule has 0 saturated carbocycles. The molecule has 30 heavy (non-hydrogen) atoms. The summed E-state index contributed by atoms with van der Waals surface area (Å²) in [5, 5.41) is 9.44. The van der Waals surface area contributed by atoms with Crippen molar-refractivity contribution in [3.05, 3.63) is 82.5 Å². The minimum absolute atomic E-state index is 0.00948. The Hall–Kier alpha value is -3.14. The highest BCUT2D eigenvalue weighted by Crippen LogP contribution is 2.39. The second kappa shape index (κ2) is 9.57. The van der Waals surface area contributed by atoms with Crippen molar-refractivity contribution in [1.82, 2.24) is 0 Å². The lowest BCUT2D eigenvalue weighted by molar-refractivity contribution is -0.116. The first-order valence-electron chi connectivity index (χ1n) is 10.1. The van der Waals surface area contributed by atoms with Gasteiger partial charge in [0.15, 0.2) is 5.78 Å². The maximum Gasteiger partial charge on any atom is 0.249 e. The van der Waals surface area contributed by atoms with Crippen molar-refractivity contribution in [3.63, 3.8) is 0 Å². The van der Waals surface area contributed by atoms with Gasteiger partial charge in [0.25, 0.3) is 0 Å². The van der Waals surface area contributed by atoms with Crippen LogP contribution in [-0.4, -0.2) is 16.8 Å². The highest BCUT2D eigenvalue weighted by molar-refractivity contribution is 6.20. The molecule has 0 saturated heterocycles. The Kier molecular flexibility index (Phi) is 7.38. The first kappa shape index (κ1) is 23.1. The number of aromatic hydroxyl groups is 1. The Bertz CT molecular complexity index is 984. The number of nitrogens with two attached hydrogens (primary N) is 1. The van der Waals surface area contributed by atoms with Gasteiger partial charge in [-0.25, -0.2) is 0 Å². The van der Waals surface area contributed by atoms with Gasteiger partial charge in [-0.2, -0.15) is 0 Å². The number of rotatable bonds is 6. The minimum Gasteiger partial charge on any atom is -0.508 e. The number of primary amides is 1. The number of Topliss-reactive ketones (excluding diaryl/α,β-unsaturated/α-hetero) is 1. The Morgan fingerprint density at radius 1 is 1.13 bits per heavy atom. The average Bonchev–Trinajstić information content (AvgIpc) is 2.66. The second-order valence-electron chi connectivity index (χ2n) is 8.42. The van der Waals surface area contributed by atoms with Gasteiger partial charge in [0.05, 0.1) is 0 Å². The van der Waals surface area contributed by atoms with Crippen LogP contribution in [0.1, 0.15) is 53.0 Å². The van der Waals surface area contributed by atoms with E-state index in [4.69, 9.17) is 5.73 Å². The predicted octanol–water partition coefficient (Wildman–Crippen LogP) is 5.42. The van der Waals surface area contributed by atoms with Crippen LogP contribution in [0.2, 0.25) is 0 Å². The lowest BCUT2D eigenvalue weighted by atomic mass is 9.72. The first-order chi connectivity index (χ1) is 14.0. The van der Waals surface area contributed by atoms with E-state index in [0.717, 1.165) is 28.7 Å².